The van der Waals surface area contributed by atoms with Crippen molar-refractivity contribution in [3.05, 3.63) is 0 Å². The monoisotopic (exact) mass is 975 g/mol. The molecular formula is C63H122O6. The predicted octanol–water partition coefficient (Wildman–Crippen LogP) is 20.8. The summed E-state index contributed by atoms with van der Waals surface area (Å²) in [6.45, 7) is 11.5. The molecule has 0 fully saturated rings. The number of ether oxygens (including phenoxy) is 3. The van der Waals surface area contributed by atoms with Crippen molar-refractivity contribution in [2.75, 3.05) is 13.2 Å². The normalized spacial score (nSPS) is 12.4. The van der Waals surface area contributed by atoms with E-state index in [1.54, 1.807) is 0 Å². The minimum atomic E-state index is -0.763. The van der Waals surface area contributed by atoms with E-state index in [0.29, 0.717) is 19.3 Å². The van der Waals surface area contributed by atoms with Gasteiger partial charge in [-0.2, -0.15) is 0 Å². The van der Waals surface area contributed by atoms with E-state index in [9.17, 15) is 14.4 Å². The molecule has 0 aromatic heterocycles. The first-order valence-corrected chi connectivity index (χ1v) is 31.3. The summed E-state index contributed by atoms with van der Waals surface area (Å²) in [5.41, 5.74) is 0. The molecule has 0 bridgehead atoms. The summed E-state index contributed by atoms with van der Waals surface area (Å²) in [5.74, 6) is 0.916. The van der Waals surface area contributed by atoms with Crippen LogP contribution in [0.1, 0.15) is 356 Å². The van der Waals surface area contributed by atoms with E-state index in [1.165, 1.54) is 244 Å². The lowest BCUT2D eigenvalue weighted by atomic mass is 9.99. The topological polar surface area (TPSA) is 78.9 Å². The Bertz CT molecular complexity index is 1060. The Morgan fingerprint density at radius 2 is 0.551 bits per heavy atom. The van der Waals surface area contributed by atoms with Gasteiger partial charge in [-0.1, -0.05) is 317 Å². The van der Waals surface area contributed by atoms with Gasteiger partial charge in [-0.25, -0.2) is 0 Å². The molecule has 0 spiro atoms. The third-order valence-electron chi connectivity index (χ3n) is 14.8. The maximum absolute atomic E-state index is 12.9. The van der Waals surface area contributed by atoms with Gasteiger partial charge in [-0.15, -0.1) is 0 Å². The molecule has 1 unspecified atom stereocenters. The smallest absolute Gasteiger partial charge is 0.306 e. The molecule has 2 atom stereocenters. The van der Waals surface area contributed by atoms with Gasteiger partial charge < -0.3 is 14.2 Å². The zero-order chi connectivity index (χ0) is 50.4. The lowest BCUT2D eigenvalue weighted by Crippen LogP contribution is -2.30. The Balaban J connectivity index is 4.23. The maximum Gasteiger partial charge on any atom is 0.306 e. The largest absolute Gasteiger partial charge is 0.462 e. The van der Waals surface area contributed by atoms with Crippen molar-refractivity contribution in [2.45, 2.75) is 362 Å². The fraction of sp³-hybridized carbons (Fsp3) is 0.952. The van der Waals surface area contributed by atoms with Crippen LogP contribution in [0.5, 0.6) is 0 Å². The zero-order valence-corrected chi connectivity index (χ0v) is 47.5. The van der Waals surface area contributed by atoms with Gasteiger partial charge in [0.15, 0.2) is 6.10 Å². The lowest BCUT2D eigenvalue weighted by Gasteiger charge is -2.18. The van der Waals surface area contributed by atoms with Crippen molar-refractivity contribution in [1.82, 2.24) is 0 Å². The first-order valence-electron chi connectivity index (χ1n) is 31.3. The molecule has 0 heterocycles. The van der Waals surface area contributed by atoms with Gasteiger partial charge in [0.25, 0.3) is 0 Å². The molecule has 0 saturated carbocycles. The highest BCUT2D eigenvalue weighted by Gasteiger charge is 2.19. The van der Waals surface area contributed by atoms with Crippen LogP contribution in [-0.2, 0) is 28.6 Å². The molecule has 0 aliphatic rings. The van der Waals surface area contributed by atoms with E-state index in [0.717, 1.165) is 69.6 Å². The minimum absolute atomic E-state index is 0.0620. The number of hydrogen-bond acceptors (Lipinski definition) is 6. The van der Waals surface area contributed by atoms with E-state index < -0.39 is 6.10 Å². The van der Waals surface area contributed by atoms with E-state index in [2.05, 4.69) is 34.6 Å². The van der Waals surface area contributed by atoms with Crippen LogP contribution < -0.4 is 0 Å². The van der Waals surface area contributed by atoms with Crippen LogP contribution in [0.3, 0.4) is 0 Å². The molecular weight excluding hydrogens is 853 g/mol. The summed E-state index contributed by atoms with van der Waals surface area (Å²) in [6.07, 6.45) is 60.9. The second kappa shape index (κ2) is 55.7. The molecule has 0 aromatic carbocycles. The van der Waals surface area contributed by atoms with Gasteiger partial charge in [0.05, 0.1) is 0 Å². The maximum atomic E-state index is 12.9. The van der Waals surface area contributed by atoms with Gasteiger partial charge in [0.2, 0.25) is 0 Å². The van der Waals surface area contributed by atoms with Crippen LogP contribution in [0.4, 0.5) is 0 Å². The number of carbonyl (C=O) groups excluding carboxylic acids is 3. The average molecular weight is 976 g/mol. The van der Waals surface area contributed by atoms with Crippen molar-refractivity contribution in [2.24, 2.45) is 11.8 Å². The summed E-state index contributed by atoms with van der Waals surface area (Å²) in [6, 6.07) is 0. The summed E-state index contributed by atoms with van der Waals surface area (Å²) in [7, 11) is 0. The molecule has 69 heavy (non-hydrogen) atoms. The first-order chi connectivity index (χ1) is 33.8. The fourth-order valence-electron chi connectivity index (χ4n) is 9.73. The molecule has 0 rings (SSSR count). The van der Waals surface area contributed by atoms with Crippen molar-refractivity contribution < 1.29 is 28.6 Å². The third kappa shape index (κ3) is 55.6. The van der Waals surface area contributed by atoms with Crippen LogP contribution in [0.15, 0.2) is 0 Å². The molecule has 0 amide bonds. The Morgan fingerprint density at radius 1 is 0.304 bits per heavy atom. The van der Waals surface area contributed by atoms with Crippen molar-refractivity contribution in [1.29, 1.82) is 0 Å². The molecule has 0 radical (unpaired) electrons. The highest BCUT2D eigenvalue weighted by molar-refractivity contribution is 5.71. The zero-order valence-electron chi connectivity index (χ0n) is 47.5. The third-order valence-corrected chi connectivity index (χ3v) is 14.8. The summed E-state index contributed by atoms with van der Waals surface area (Å²) >= 11 is 0. The van der Waals surface area contributed by atoms with Crippen molar-refractivity contribution in [3.8, 4) is 0 Å². The van der Waals surface area contributed by atoms with Crippen LogP contribution in [-0.4, -0.2) is 37.2 Å². The predicted molar refractivity (Wildman–Crippen MR) is 298 cm³/mol. The fourth-order valence-corrected chi connectivity index (χ4v) is 9.73. The van der Waals surface area contributed by atoms with Gasteiger partial charge in [0, 0.05) is 19.3 Å². The molecule has 6 heteroatoms. The quantitative estimate of drug-likeness (QED) is 0.0343. The molecule has 0 aliphatic carbocycles. The highest BCUT2D eigenvalue weighted by atomic mass is 16.6. The molecule has 0 aromatic rings. The van der Waals surface area contributed by atoms with Crippen molar-refractivity contribution >= 4 is 17.9 Å². The lowest BCUT2D eigenvalue weighted by molar-refractivity contribution is -0.167. The summed E-state index contributed by atoms with van der Waals surface area (Å²) in [5, 5.41) is 0. The van der Waals surface area contributed by atoms with Crippen LogP contribution in [0.25, 0.3) is 0 Å². The Morgan fingerprint density at radius 3 is 0.826 bits per heavy atom. The standard InChI is InChI=1S/C63H122O6/c1-6-8-9-10-11-12-13-21-30-35-40-45-50-55-63(66)69-60(57-68-62(65)54-49-44-39-34-29-25-20-22-26-31-36-41-46-51-58(3)4)56-67-61(64)53-48-43-38-33-28-24-19-17-15-14-16-18-23-27-32-37-42-47-52-59(5)7-2/h58-60H,6-57H2,1-5H3/t59?,60-/m1/s1. The number of esters is 3. The van der Waals surface area contributed by atoms with E-state index >= 15 is 0 Å². The number of hydrogen-bond donors (Lipinski definition) is 0. The van der Waals surface area contributed by atoms with E-state index in [1.807, 2.05) is 0 Å². The number of unbranched alkanes of at least 4 members (excludes halogenated alkanes) is 41. The molecule has 0 saturated heterocycles. The molecule has 6 nitrogen and oxygen atoms in total. The van der Waals surface area contributed by atoms with Crippen LogP contribution in [0, 0.1) is 11.8 Å². The Labute approximate surface area is 431 Å². The highest BCUT2D eigenvalue weighted by Crippen LogP contribution is 2.19. The summed E-state index contributed by atoms with van der Waals surface area (Å²) < 4.78 is 16.9. The Kier molecular flexibility index (Phi) is 54.4. The first kappa shape index (κ1) is 67.4. The summed E-state index contributed by atoms with van der Waals surface area (Å²) in [4.78, 5) is 38.2. The molecule has 410 valence electrons. The second-order valence-electron chi connectivity index (χ2n) is 22.4. The van der Waals surface area contributed by atoms with Crippen LogP contribution in [0.2, 0.25) is 0 Å². The van der Waals surface area contributed by atoms with Crippen LogP contribution >= 0.6 is 0 Å². The van der Waals surface area contributed by atoms with Gasteiger partial charge in [-0.3, -0.25) is 14.4 Å². The SMILES string of the molecule is CCCCCCCCCCCCCCCC(=O)O[C@H](COC(=O)CCCCCCCCCCCCCCCCCCCCC(C)CC)COC(=O)CCCCCCCCCCCCCCCC(C)C. The minimum Gasteiger partial charge on any atom is -0.462 e. The van der Waals surface area contributed by atoms with Gasteiger partial charge in [-0.05, 0) is 31.1 Å². The van der Waals surface area contributed by atoms with Gasteiger partial charge >= 0.3 is 17.9 Å². The molecule has 0 aliphatic heterocycles. The average Bonchev–Trinajstić information content (AvgIpc) is 3.34. The van der Waals surface area contributed by atoms with E-state index in [4.69, 9.17) is 14.2 Å². The number of rotatable bonds is 57. The van der Waals surface area contributed by atoms with Gasteiger partial charge in [0.1, 0.15) is 13.2 Å². The Hall–Kier alpha value is -1.59. The van der Waals surface area contributed by atoms with E-state index in [-0.39, 0.29) is 31.1 Å². The number of carbonyl (C=O) groups is 3. The molecule has 0 N–H and O–H groups in total. The van der Waals surface area contributed by atoms with Crippen molar-refractivity contribution in [3.63, 3.8) is 0 Å². The second-order valence-corrected chi connectivity index (χ2v) is 22.4.